The van der Waals surface area contributed by atoms with Crippen LogP contribution in [0.5, 0.6) is 5.75 Å². The number of hydrogen-bond acceptors (Lipinski definition) is 3. The maximum atomic E-state index is 13.8. The predicted octanol–water partition coefficient (Wildman–Crippen LogP) is 5.91. The molecular weight excluding hydrogens is 421 g/mol. The van der Waals surface area contributed by atoms with E-state index in [1.807, 2.05) is 6.07 Å². The lowest BCUT2D eigenvalue weighted by Crippen LogP contribution is -2.33. The second-order valence-corrected chi connectivity index (χ2v) is 8.76. The van der Waals surface area contributed by atoms with Crippen molar-refractivity contribution in [1.82, 2.24) is 4.57 Å². The van der Waals surface area contributed by atoms with Gasteiger partial charge < -0.3 is 19.5 Å². The summed E-state index contributed by atoms with van der Waals surface area (Å²) >= 11 is 0. The molecule has 0 aliphatic carbocycles. The summed E-state index contributed by atoms with van der Waals surface area (Å²) in [5, 5.41) is 21.0. The van der Waals surface area contributed by atoms with E-state index in [2.05, 4.69) is 11.5 Å². The molecule has 4 aromatic rings. The number of halogens is 1. The Morgan fingerprint density at radius 2 is 1.67 bits per heavy atom. The van der Waals surface area contributed by atoms with E-state index >= 15 is 0 Å². The zero-order valence-electron chi connectivity index (χ0n) is 18.2. The Kier molecular flexibility index (Phi) is 5.17. The highest BCUT2D eigenvalue weighted by molar-refractivity contribution is 6.04. The van der Waals surface area contributed by atoms with Gasteiger partial charge in [-0.1, -0.05) is 25.1 Å². The molecule has 5 nitrogen and oxygen atoms in total. The lowest BCUT2D eigenvalue weighted by molar-refractivity contribution is 0.0548. The first-order chi connectivity index (χ1) is 15.9. The third-order valence-electron chi connectivity index (χ3n) is 6.65. The van der Waals surface area contributed by atoms with E-state index in [9.17, 15) is 19.4 Å². The molecule has 0 amide bonds. The van der Waals surface area contributed by atoms with Crippen LogP contribution in [0.1, 0.15) is 35.8 Å². The molecule has 2 N–H and O–H groups in total. The Bertz CT molecular complexity index is 1330. The van der Waals surface area contributed by atoms with E-state index in [0.29, 0.717) is 18.6 Å². The minimum absolute atomic E-state index is 0.141. The number of carbonyl (C=O) groups is 1. The number of phenolic OH excluding ortho intramolecular Hbond substituents is 1. The third kappa shape index (κ3) is 3.56. The van der Waals surface area contributed by atoms with E-state index in [1.165, 1.54) is 12.1 Å². The quantitative estimate of drug-likeness (QED) is 0.410. The number of hydrogen-bond donors (Lipinski definition) is 2. The third-order valence-corrected chi connectivity index (χ3v) is 6.65. The monoisotopic (exact) mass is 445 g/mol. The number of phenols is 1. The summed E-state index contributed by atoms with van der Waals surface area (Å²) < 4.78 is 21.5. The topological polar surface area (TPSA) is 71.7 Å². The average Bonchev–Trinajstić information content (AvgIpc) is 3.17. The first-order valence-corrected chi connectivity index (χ1v) is 10.9. The fourth-order valence-electron chi connectivity index (χ4n) is 4.87. The number of carboxylic acid groups (broad SMARTS) is 1. The van der Waals surface area contributed by atoms with Crippen molar-refractivity contribution in [3.05, 3.63) is 83.8 Å². The highest BCUT2D eigenvalue weighted by Gasteiger charge is 2.37. The Morgan fingerprint density at radius 3 is 2.30 bits per heavy atom. The number of carboxylic acids is 1. The Hall–Kier alpha value is -3.64. The SMILES string of the molecule is CC1(c2c(-c3ccc(C(=O)O)cc3)c3c(O)cccc3n2-c2ccc(F)cc2)CCOCC1. The molecule has 168 valence electrons. The van der Waals surface area contributed by atoms with Crippen LogP contribution < -0.4 is 0 Å². The number of benzene rings is 3. The lowest BCUT2D eigenvalue weighted by Gasteiger charge is -2.36. The van der Waals surface area contributed by atoms with Crippen LogP contribution in [0.4, 0.5) is 4.39 Å². The van der Waals surface area contributed by atoms with Gasteiger partial charge in [-0.2, -0.15) is 0 Å². The lowest BCUT2D eigenvalue weighted by atomic mass is 9.76. The van der Waals surface area contributed by atoms with Crippen LogP contribution in [0.25, 0.3) is 27.7 Å². The minimum Gasteiger partial charge on any atom is -0.507 e. The highest BCUT2D eigenvalue weighted by atomic mass is 19.1. The number of aromatic carboxylic acids is 1. The molecule has 0 spiro atoms. The van der Waals surface area contributed by atoms with Gasteiger partial charge in [0.05, 0.1) is 11.1 Å². The Balaban J connectivity index is 1.89. The van der Waals surface area contributed by atoms with Crippen molar-refractivity contribution in [2.45, 2.75) is 25.2 Å². The predicted molar refractivity (Wildman–Crippen MR) is 125 cm³/mol. The second kappa shape index (κ2) is 8.05. The van der Waals surface area contributed by atoms with Crippen molar-refractivity contribution >= 4 is 16.9 Å². The first kappa shape index (κ1) is 21.2. The van der Waals surface area contributed by atoms with Gasteiger partial charge >= 0.3 is 5.97 Å². The second-order valence-electron chi connectivity index (χ2n) is 8.76. The van der Waals surface area contributed by atoms with Gasteiger partial charge in [0.1, 0.15) is 11.6 Å². The molecule has 0 radical (unpaired) electrons. The van der Waals surface area contributed by atoms with Gasteiger partial charge in [-0.3, -0.25) is 0 Å². The zero-order chi connectivity index (χ0) is 23.2. The van der Waals surface area contributed by atoms with Crippen molar-refractivity contribution < 1.29 is 24.1 Å². The molecule has 2 heterocycles. The summed E-state index contributed by atoms with van der Waals surface area (Å²) in [7, 11) is 0. The summed E-state index contributed by atoms with van der Waals surface area (Å²) in [5.41, 5.74) is 4.19. The maximum absolute atomic E-state index is 13.8. The smallest absolute Gasteiger partial charge is 0.335 e. The van der Waals surface area contributed by atoms with Crippen LogP contribution in [-0.4, -0.2) is 34.0 Å². The van der Waals surface area contributed by atoms with Gasteiger partial charge in [0.15, 0.2) is 0 Å². The summed E-state index contributed by atoms with van der Waals surface area (Å²) in [6.45, 7) is 3.42. The number of aromatic hydroxyl groups is 1. The zero-order valence-corrected chi connectivity index (χ0v) is 18.2. The normalized spacial score (nSPS) is 15.6. The van der Waals surface area contributed by atoms with E-state index in [4.69, 9.17) is 4.74 Å². The molecule has 1 saturated heterocycles. The van der Waals surface area contributed by atoms with Gasteiger partial charge in [-0.15, -0.1) is 0 Å². The van der Waals surface area contributed by atoms with Crippen LogP contribution in [0, 0.1) is 5.82 Å². The van der Waals surface area contributed by atoms with E-state index < -0.39 is 5.97 Å². The van der Waals surface area contributed by atoms with E-state index in [-0.39, 0.29) is 22.5 Å². The summed E-state index contributed by atoms with van der Waals surface area (Å²) in [4.78, 5) is 11.4. The maximum Gasteiger partial charge on any atom is 0.335 e. The number of fused-ring (bicyclic) bond motifs is 1. The van der Waals surface area contributed by atoms with Crippen molar-refractivity contribution in [2.75, 3.05) is 13.2 Å². The summed E-state index contributed by atoms with van der Waals surface area (Å²) in [6.07, 6.45) is 1.57. The largest absolute Gasteiger partial charge is 0.507 e. The molecule has 0 bridgehead atoms. The molecule has 5 rings (SSSR count). The van der Waals surface area contributed by atoms with Gasteiger partial charge in [-0.05, 0) is 66.9 Å². The van der Waals surface area contributed by atoms with Crippen LogP contribution in [0.2, 0.25) is 0 Å². The van der Waals surface area contributed by atoms with Crippen molar-refractivity contribution in [3.8, 4) is 22.6 Å². The minimum atomic E-state index is -0.991. The molecule has 6 heteroatoms. The molecule has 0 unspecified atom stereocenters. The fraction of sp³-hybridized carbons (Fsp3) is 0.222. The van der Waals surface area contributed by atoms with E-state index in [0.717, 1.165) is 40.9 Å². The number of rotatable bonds is 4. The molecule has 1 aromatic heterocycles. The van der Waals surface area contributed by atoms with Crippen LogP contribution in [-0.2, 0) is 10.2 Å². The Morgan fingerprint density at radius 1 is 1.00 bits per heavy atom. The molecule has 1 fully saturated rings. The number of aromatic nitrogens is 1. The molecule has 1 aliphatic rings. The van der Waals surface area contributed by atoms with Gasteiger partial charge in [0, 0.05) is 41.0 Å². The average molecular weight is 445 g/mol. The van der Waals surface area contributed by atoms with Gasteiger partial charge in [0.25, 0.3) is 0 Å². The van der Waals surface area contributed by atoms with Crippen LogP contribution >= 0.6 is 0 Å². The highest BCUT2D eigenvalue weighted by Crippen LogP contribution is 2.48. The van der Waals surface area contributed by atoms with Crippen LogP contribution in [0.3, 0.4) is 0 Å². The Labute approximate surface area is 190 Å². The summed E-state index contributed by atoms with van der Waals surface area (Å²) in [5.74, 6) is -1.17. The van der Waals surface area contributed by atoms with Crippen LogP contribution in [0.15, 0.2) is 66.7 Å². The summed E-state index contributed by atoms with van der Waals surface area (Å²) in [6, 6.07) is 18.5. The van der Waals surface area contributed by atoms with Crippen molar-refractivity contribution in [1.29, 1.82) is 0 Å². The van der Waals surface area contributed by atoms with Gasteiger partial charge in [0.2, 0.25) is 0 Å². The van der Waals surface area contributed by atoms with Crippen molar-refractivity contribution in [3.63, 3.8) is 0 Å². The molecular formula is C27H24FNO4. The van der Waals surface area contributed by atoms with Gasteiger partial charge in [-0.25, -0.2) is 9.18 Å². The molecule has 3 aromatic carbocycles. The number of ether oxygens (including phenoxy) is 1. The molecule has 1 aliphatic heterocycles. The first-order valence-electron chi connectivity index (χ1n) is 10.9. The molecule has 33 heavy (non-hydrogen) atoms. The fourth-order valence-corrected chi connectivity index (χ4v) is 4.87. The number of nitrogens with zero attached hydrogens (tertiary/aromatic N) is 1. The van der Waals surface area contributed by atoms with Crippen molar-refractivity contribution in [2.24, 2.45) is 0 Å². The molecule has 0 saturated carbocycles. The van der Waals surface area contributed by atoms with E-state index in [1.54, 1.807) is 48.5 Å². The molecule has 0 atom stereocenters. The standard InChI is InChI=1S/C27H24FNO4/c1-27(13-15-33-16-14-27)25-23(17-5-7-18(8-6-17)26(31)32)24-21(3-2-4-22(24)30)29(25)20-11-9-19(28)10-12-20/h2-12,30H,13-16H2,1H3,(H,31,32).